The first kappa shape index (κ1) is 124. The Balaban J connectivity index is 0. The van der Waals surface area contributed by atoms with Gasteiger partial charge in [0.15, 0.2) is 0 Å². The molecular formula is C96H135N4O29PS3. The van der Waals surface area contributed by atoms with Crippen molar-refractivity contribution in [3.05, 3.63) is 205 Å². The van der Waals surface area contributed by atoms with Crippen LogP contribution in [0.5, 0.6) is 0 Å². The molecule has 1 saturated carbocycles. The van der Waals surface area contributed by atoms with Crippen LogP contribution in [0.15, 0.2) is 157 Å². The summed E-state index contributed by atoms with van der Waals surface area (Å²) in [6.45, 7) is 9.00. The lowest BCUT2D eigenvalue weighted by atomic mass is 9.78. The van der Waals surface area contributed by atoms with E-state index in [9.17, 15) is 92.9 Å². The lowest BCUT2D eigenvalue weighted by Gasteiger charge is -2.33. The SMILES string of the molecule is CCC(=O)Nc1ccc([N+](=O)[O-])cc1C(=O)O.CCCCC/C=C\CCCCCCCCCCC(=O)O.CCCCCC[C@@H](O)C/C=C\CCCCCCCC(=O)O.CO/[P+]([O-])=C/CC(=O)O.Cc1ccccc1C=CC(=O)O.O=C(O)C1CCCCC1C(=O)N(Cc1ccccc1)Cc1ccccc1.O=C(O)CSCSCC(=O)O.O=C(O)CSc1ccc(C(=O)O)cc1[N+](=O)[O-]. The number of hydrogen-bond donors (Lipinski definition) is 12. The topological polar surface area (TPSA) is 561 Å². The summed E-state index contributed by atoms with van der Waals surface area (Å²) in [5.74, 6) is -10.1. The minimum Gasteiger partial charge on any atom is -0.603 e. The zero-order valence-electron chi connectivity index (χ0n) is 76.7. The molecule has 0 bridgehead atoms. The van der Waals surface area contributed by atoms with E-state index in [0.717, 1.165) is 141 Å². The van der Waals surface area contributed by atoms with Crippen molar-refractivity contribution in [2.45, 2.75) is 264 Å². The Bertz CT molecular complexity index is 4310. The van der Waals surface area contributed by atoms with Crippen LogP contribution in [0.4, 0.5) is 17.1 Å². The summed E-state index contributed by atoms with van der Waals surface area (Å²) in [4.78, 5) is 160. The molecule has 736 valence electrons. The first-order valence-electron chi connectivity index (χ1n) is 44.2. The van der Waals surface area contributed by atoms with E-state index in [1.54, 1.807) is 13.0 Å². The lowest BCUT2D eigenvalue weighted by molar-refractivity contribution is -0.387. The van der Waals surface area contributed by atoms with Gasteiger partial charge in [-0.1, -0.05) is 239 Å². The van der Waals surface area contributed by atoms with Gasteiger partial charge >= 0.3 is 59.7 Å². The molecule has 12 N–H and O–H groups in total. The van der Waals surface area contributed by atoms with Crippen LogP contribution in [0.3, 0.4) is 0 Å². The van der Waals surface area contributed by atoms with Crippen LogP contribution in [0.25, 0.3) is 6.08 Å². The number of anilines is 1. The second kappa shape index (κ2) is 80.5. The van der Waals surface area contributed by atoms with Crippen LogP contribution >= 0.6 is 43.3 Å². The van der Waals surface area contributed by atoms with Gasteiger partial charge in [0.2, 0.25) is 19.8 Å². The molecule has 0 aliphatic heterocycles. The number of aromatic carboxylic acids is 2. The molecule has 0 radical (unpaired) electrons. The molecule has 0 aromatic heterocycles. The van der Waals surface area contributed by atoms with Gasteiger partial charge in [0.25, 0.3) is 11.4 Å². The molecule has 5 aromatic carbocycles. The molecular weight excluding hydrogens is 1800 g/mol. The van der Waals surface area contributed by atoms with Gasteiger partial charge in [0.1, 0.15) is 12.2 Å². The number of nitrogens with zero attached hydrogens (tertiary/aromatic N) is 3. The number of carbonyl (C=O) groups is 12. The fourth-order valence-electron chi connectivity index (χ4n) is 12.2. The second-order valence-corrected chi connectivity index (χ2v) is 34.8. The Morgan fingerprint density at radius 3 is 1.45 bits per heavy atom. The number of allylic oxidation sites excluding steroid dienone is 3. The van der Waals surface area contributed by atoms with Crippen molar-refractivity contribution in [3.8, 4) is 0 Å². The minimum atomic E-state index is -1.87. The number of aryl methyl sites for hydroxylation is 1. The molecule has 33 nitrogen and oxygen atoms in total. The van der Waals surface area contributed by atoms with E-state index in [2.05, 4.69) is 48.0 Å². The van der Waals surface area contributed by atoms with Crippen LogP contribution in [0, 0.1) is 39.0 Å². The lowest BCUT2D eigenvalue weighted by Crippen LogP contribution is -2.42. The van der Waals surface area contributed by atoms with Gasteiger partial charge in [0, 0.05) is 61.7 Å². The van der Waals surface area contributed by atoms with Crippen LogP contribution in [-0.2, 0) is 65.6 Å². The highest BCUT2D eigenvalue weighted by Gasteiger charge is 2.38. The van der Waals surface area contributed by atoms with Gasteiger partial charge in [-0.25, -0.2) is 14.4 Å². The molecule has 1 aliphatic carbocycles. The number of nitro groups is 2. The predicted octanol–water partition coefficient (Wildman–Crippen LogP) is 20.7. The van der Waals surface area contributed by atoms with Gasteiger partial charge in [-0.2, -0.15) is 4.52 Å². The summed E-state index contributed by atoms with van der Waals surface area (Å²) in [5.41, 5.74) is 2.93. The predicted molar refractivity (Wildman–Crippen MR) is 518 cm³/mol. The van der Waals surface area contributed by atoms with Crippen molar-refractivity contribution in [3.63, 3.8) is 0 Å². The smallest absolute Gasteiger partial charge is 0.338 e. The summed E-state index contributed by atoms with van der Waals surface area (Å²) in [6, 6.07) is 34.0. The molecule has 37 heteroatoms. The first-order chi connectivity index (χ1) is 63.4. The number of aliphatic carboxylic acids is 8. The molecule has 0 saturated heterocycles. The van der Waals surface area contributed by atoms with Gasteiger partial charge in [-0.3, -0.25) is 63.4 Å². The molecule has 2 amide bonds. The number of nitrogens with one attached hydrogen (secondary N) is 1. The molecule has 1 aliphatic rings. The van der Waals surface area contributed by atoms with E-state index in [4.69, 9.17) is 46.0 Å². The zero-order valence-corrected chi connectivity index (χ0v) is 80.0. The highest BCUT2D eigenvalue weighted by Crippen LogP contribution is 2.34. The third kappa shape index (κ3) is 70.3. The number of thioether (sulfide) groups is 3. The highest BCUT2D eigenvalue weighted by atomic mass is 32.2. The molecule has 133 heavy (non-hydrogen) atoms. The molecule has 4 atom stereocenters. The monoisotopic (exact) mass is 1930 g/mol. The van der Waals surface area contributed by atoms with E-state index in [-0.39, 0.29) is 75.4 Å². The fraction of sp³-hybridized carbons (Fsp3) is 0.490. The Morgan fingerprint density at radius 1 is 0.534 bits per heavy atom. The number of amides is 2. The van der Waals surface area contributed by atoms with Crippen molar-refractivity contribution >= 4 is 144 Å². The maximum Gasteiger partial charge on any atom is 0.338 e. The minimum absolute atomic E-state index is 0.0343. The molecule has 5 aromatic rings. The van der Waals surface area contributed by atoms with E-state index in [1.807, 2.05) is 96.8 Å². The number of nitro benzene ring substituents is 2. The van der Waals surface area contributed by atoms with Crippen LogP contribution in [0.1, 0.15) is 276 Å². The average molecular weight is 1940 g/mol. The first-order valence-corrected chi connectivity index (χ1v) is 48.8. The summed E-state index contributed by atoms with van der Waals surface area (Å²) < 4.78 is 4.29. The number of carbonyl (C=O) groups excluding carboxylic acids is 2. The van der Waals surface area contributed by atoms with Gasteiger partial charge in [0.05, 0.1) is 73.9 Å². The molecule has 3 unspecified atom stereocenters. The third-order valence-corrected chi connectivity index (χ3v) is 23.2. The number of carboxylic acid groups (broad SMARTS) is 10. The number of rotatable bonds is 56. The maximum atomic E-state index is 13.3. The van der Waals surface area contributed by atoms with E-state index < -0.39 is 95.1 Å². The molecule has 6 rings (SSSR count). The number of hydrogen-bond acceptors (Lipinski definition) is 22. The Hall–Kier alpha value is -11.1. The number of non-ortho nitro benzene ring substituents is 1. The number of carboxylic acids is 10. The van der Waals surface area contributed by atoms with Crippen molar-refractivity contribution < 1.29 is 133 Å². The van der Waals surface area contributed by atoms with Crippen molar-refractivity contribution in [2.75, 3.05) is 34.8 Å². The van der Waals surface area contributed by atoms with Crippen molar-refractivity contribution in [2.24, 2.45) is 11.8 Å². The zero-order chi connectivity index (χ0) is 99.9. The van der Waals surface area contributed by atoms with Gasteiger partial charge < -0.3 is 71.3 Å². The fourth-order valence-corrected chi connectivity index (χ4v) is 14.9. The summed E-state index contributed by atoms with van der Waals surface area (Å²) in [6.07, 6.45) is 44.4. The average Bonchev–Trinajstić information content (AvgIpc) is 0.831. The van der Waals surface area contributed by atoms with E-state index in [0.29, 0.717) is 43.9 Å². The summed E-state index contributed by atoms with van der Waals surface area (Å²) in [7, 11) is -0.606. The largest absolute Gasteiger partial charge is 0.603 e. The Morgan fingerprint density at radius 2 is 1.01 bits per heavy atom. The quantitative estimate of drug-likeness (QED) is 0.00251. The van der Waals surface area contributed by atoms with Gasteiger partial charge in [-0.05, 0) is 131 Å². The van der Waals surface area contributed by atoms with Crippen LogP contribution in [0.2, 0.25) is 0 Å². The normalized spacial score (nSPS) is 12.6. The third-order valence-electron chi connectivity index (χ3n) is 19.1. The summed E-state index contributed by atoms with van der Waals surface area (Å²) >= 11 is 3.18. The Labute approximate surface area is 792 Å². The number of benzene rings is 5. The van der Waals surface area contributed by atoms with Crippen LogP contribution < -0.4 is 10.2 Å². The Kier molecular flexibility index (Phi) is 75.0. The van der Waals surface area contributed by atoms with Crippen molar-refractivity contribution in [1.82, 2.24) is 4.90 Å². The van der Waals surface area contributed by atoms with Gasteiger partial charge in [-0.15, -0.1) is 35.3 Å². The molecule has 0 spiro atoms. The standard InChI is InChI=1S/C22H25NO3.C18H34O3.C18H34O2.C10H10N2O5.C10H10O2.C9H7NO6S.C5H8O4S2.C4H7O4P/c24-21(19-13-7-8-14-20(19)22(25)26)23(15-17-9-3-1-4-10-17)16-18-11-5-2-6-12-18;1-2-3-4-11-14-17(19)15-12-9-7-5-6-8-10-13-16-18(20)21;1-2-3-4-5-6-7-8-9-10-11-12-13-14-15-16-17-18(19)20;1-2-9(13)11-8-4-3-6(12(16)17)5-7(8)10(14)15;1-8-4-2-3-5-9(8)6-7-10(11)12;11-8(12)4-17-7-2-1-5(9(13)14)3-6(7)10(15)16;6-4(7)1-10-3-11-2-5(8)9;1-8-9(7)3-2-4(5)6/h1-6,9-12,19-20H,7-8,13-16H2,(H,25,26);9,12,17,19H,2-8,10-11,13-16H2,1H3,(H,20,21);6-7H,2-5,8-17H2,1H3,(H,19,20);3-5H,2H2,1H3,(H,11,13)(H,14,15);2-7H,1H3,(H,11,12);1-3H,4H2,(H,11,12)(H,13,14);1-3H2,(H,6,7)(H,8,9);3H,2H2,1H3,(H,5,6)/b;12-9-;7-6-;;;;;/t;17-;;;;;;/m.1....../s1. The van der Waals surface area contributed by atoms with E-state index >= 15 is 0 Å². The number of aliphatic hydroxyl groups excluding tert-OH is 1. The second-order valence-electron chi connectivity index (χ2n) is 30.1. The summed E-state index contributed by atoms with van der Waals surface area (Å²) in [5, 5.41) is 119. The maximum absolute atomic E-state index is 13.3. The molecule has 0 heterocycles. The highest BCUT2D eigenvalue weighted by molar-refractivity contribution is 8.16. The van der Waals surface area contributed by atoms with Crippen LogP contribution in [-0.4, -0.2) is 184 Å². The number of unbranched alkanes of at least 4 members (excludes halogenated alkanes) is 19. The molecule has 1 fully saturated rings. The van der Waals surface area contributed by atoms with Crippen molar-refractivity contribution in [1.29, 1.82) is 0 Å². The van der Waals surface area contributed by atoms with E-state index in [1.165, 1.54) is 145 Å². The number of aliphatic hydroxyl groups is 1.